The predicted molar refractivity (Wildman–Crippen MR) is 88.4 cm³/mol. The monoisotopic (exact) mass is 337 g/mol. The van der Waals surface area contributed by atoms with Crippen molar-refractivity contribution in [3.63, 3.8) is 0 Å². The van der Waals surface area contributed by atoms with Crippen LogP contribution in [-0.2, 0) is 11.3 Å². The Kier molecular flexibility index (Phi) is 5.79. The topological polar surface area (TPSA) is 44.4 Å². The molecule has 1 amide bonds. The predicted octanol–water partition coefficient (Wildman–Crippen LogP) is 2.04. The first-order valence-corrected chi connectivity index (χ1v) is 8.79. The minimum Gasteiger partial charge on any atom is -0.354 e. The molecule has 2 N–H and O–H groups in total. The van der Waals surface area contributed by atoms with E-state index in [0.717, 1.165) is 51.4 Å². The van der Waals surface area contributed by atoms with Crippen molar-refractivity contribution in [3.05, 3.63) is 35.4 Å². The lowest BCUT2D eigenvalue weighted by Crippen LogP contribution is -2.45. The van der Waals surface area contributed by atoms with Gasteiger partial charge in [-0.2, -0.15) is 0 Å². The minimum atomic E-state index is -0.545. The fraction of sp³-hybridized carbons (Fsp3) is 0.611. The summed E-state index contributed by atoms with van der Waals surface area (Å²) in [7, 11) is 0. The zero-order chi connectivity index (χ0) is 16.9. The van der Waals surface area contributed by atoms with Crippen molar-refractivity contribution in [2.24, 2.45) is 5.92 Å². The Bertz CT molecular complexity index is 575. The molecule has 1 aromatic carbocycles. The first-order valence-electron chi connectivity index (χ1n) is 8.79. The number of rotatable bonds is 5. The van der Waals surface area contributed by atoms with Crippen molar-refractivity contribution < 1.29 is 13.6 Å². The van der Waals surface area contributed by atoms with Crippen LogP contribution in [0.25, 0.3) is 0 Å². The van der Waals surface area contributed by atoms with Crippen molar-refractivity contribution in [2.75, 3.05) is 26.2 Å². The average Bonchev–Trinajstić information content (AvgIpc) is 3.10. The fourth-order valence-corrected chi connectivity index (χ4v) is 3.63. The van der Waals surface area contributed by atoms with Crippen molar-refractivity contribution in [1.29, 1.82) is 0 Å². The van der Waals surface area contributed by atoms with Crippen molar-refractivity contribution in [1.82, 2.24) is 15.5 Å². The standard InChI is InChI=1S/C18H25F2N3O/c19-15-6-5-14(16(20)9-15)12-23-8-2-3-13(11-23)10-22-18(24)17-4-1-7-21-17/h5-6,9,13,17,21H,1-4,7-8,10-12H2,(H,22,24). The lowest BCUT2D eigenvalue weighted by Gasteiger charge is -2.33. The van der Waals surface area contributed by atoms with E-state index in [1.165, 1.54) is 12.1 Å². The molecule has 2 aliphatic heterocycles. The van der Waals surface area contributed by atoms with Gasteiger partial charge in [-0.3, -0.25) is 9.69 Å². The molecule has 2 heterocycles. The number of carbonyl (C=O) groups excluding carboxylic acids is 1. The summed E-state index contributed by atoms with van der Waals surface area (Å²) in [5.74, 6) is -0.560. The third kappa shape index (κ3) is 4.51. The largest absolute Gasteiger partial charge is 0.354 e. The molecule has 0 aromatic heterocycles. The van der Waals surface area contributed by atoms with Crippen molar-refractivity contribution >= 4 is 5.91 Å². The highest BCUT2D eigenvalue weighted by Gasteiger charge is 2.25. The summed E-state index contributed by atoms with van der Waals surface area (Å²) < 4.78 is 26.8. The van der Waals surface area contributed by atoms with Crippen LogP contribution in [0.2, 0.25) is 0 Å². The van der Waals surface area contributed by atoms with E-state index in [-0.39, 0.29) is 11.9 Å². The van der Waals surface area contributed by atoms with Gasteiger partial charge >= 0.3 is 0 Å². The molecule has 2 atom stereocenters. The molecule has 0 radical (unpaired) electrons. The highest BCUT2D eigenvalue weighted by Crippen LogP contribution is 2.20. The second kappa shape index (κ2) is 8.03. The number of hydrogen-bond acceptors (Lipinski definition) is 3. The lowest BCUT2D eigenvalue weighted by atomic mass is 9.97. The van der Waals surface area contributed by atoms with E-state index in [9.17, 15) is 13.6 Å². The van der Waals surface area contributed by atoms with Crippen molar-refractivity contribution in [2.45, 2.75) is 38.3 Å². The molecule has 0 aliphatic carbocycles. The van der Waals surface area contributed by atoms with Crippen LogP contribution in [0, 0.1) is 17.6 Å². The number of halogens is 2. The summed E-state index contributed by atoms with van der Waals surface area (Å²) in [5.41, 5.74) is 0.524. The number of piperidine rings is 1. The molecule has 1 aromatic rings. The molecule has 24 heavy (non-hydrogen) atoms. The summed E-state index contributed by atoms with van der Waals surface area (Å²) in [4.78, 5) is 14.2. The molecule has 2 saturated heterocycles. The lowest BCUT2D eigenvalue weighted by molar-refractivity contribution is -0.123. The quantitative estimate of drug-likeness (QED) is 0.864. The molecule has 0 saturated carbocycles. The Labute approximate surface area is 141 Å². The molecule has 3 rings (SSSR count). The van der Waals surface area contributed by atoms with Crippen LogP contribution in [0.3, 0.4) is 0 Å². The molecular formula is C18H25F2N3O. The van der Waals surface area contributed by atoms with Gasteiger partial charge in [0, 0.05) is 31.3 Å². The SMILES string of the molecule is O=C(NCC1CCCN(Cc2ccc(F)cc2F)C1)C1CCCN1. The van der Waals surface area contributed by atoms with E-state index in [2.05, 4.69) is 15.5 Å². The van der Waals surface area contributed by atoms with Gasteiger partial charge in [-0.25, -0.2) is 8.78 Å². The van der Waals surface area contributed by atoms with Crippen LogP contribution < -0.4 is 10.6 Å². The summed E-state index contributed by atoms with van der Waals surface area (Å²) >= 11 is 0. The second-order valence-electron chi connectivity index (χ2n) is 6.87. The first kappa shape index (κ1) is 17.3. The van der Waals surface area contributed by atoms with Gasteiger partial charge in [-0.05, 0) is 50.8 Å². The number of carbonyl (C=O) groups is 1. The van der Waals surface area contributed by atoms with Gasteiger partial charge in [-0.1, -0.05) is 6.07 Å². The van der Waals surface area contributed by atoms with Crippen molar-refractivity contribution in [3.8, 4) is 0 Å². The van der Waals surface area contributed by atoms with Gasteiger partial charge in [0.25, 0.3) is 0 Å². The van der Waals surface area contributed by atoms with Crippen LogP contribution in [0.1, 0.15) is 31.2 Å². The molecule has 0 spiro atoms. The number of amides is 1. The highest BCUT2D eigenvalue weighted by molar-refractivity contribution is 5.81. The Hall–Kier alpha value is -1.53. The molecule has 2 aliphatic rings. The van der Waals surface area contributed by atoms with Gasteiger partial charge in [0.2, 0.25) is 5.91 Å². The Morgan fingerprint density at radius 3 is 2.92 bits per heavy atom. The van der Waals surface area contributed by atoms with Gasteiger partial charge in [0.05, 0.1) is 6.04 Å². The molecule has 2 unspecified atom stereocenters. The van der Waals surface area contributed by atoms with E-state index < -0.39 is 11.6 Å². The molecule has 2 fully saturated rings. The Balaban J connectivity index is 1.48. The third-order valence-electron chi connectivity index (χ3n) is 4.95. The van der Waals surface area contributed by atoms with Crippen LogP contribution >= 0.6 is 0 Å². The fourth-order valence-electron chi connectivity index (χ4n) is 3.63. The van der Waals surface area contributed by atoms with E-state index in [4.69, 9.17) is 0 Å². The van der Waals surface area contributed by atoms with Gasteiger partial charge in [-0.15, -0.1) is 0 Å². The molecular weight excluding hydrogens is 312 g/mol. The van der Waals surface area contributed by atoms with E-state index in [0.29, 0.717) is 24.6 Å². The zero-order valence-electron chi connectivity index (χ0n) is 13.9. The minimum absolute atomic E-state index is 0.0435. The average molecular weight is 337 g/mol. The summed E-state index contributed by atoms with van der Waals surface area (Å²) in [6, 6.07) is 3.71. The highest BCUT2D eigenvalue weighted by atomic mass is 19.1. The van der Waals surface area contributed by atoms with Gasteiger partial charge in [0.1, 0.15) is 11.6 Å². The maximum Gasteiger partial charge on any atom is 0.237 e. The van der Waals surface area contributed by atoms with Crippen LogP contribution in [0.15, 0.2) is 18.2 Å². The number of nitrogens with one attached hydrogen (secondary N) is 2. The van der Waals surface area contributed by atoms with Crippen LogP contribution in [-0.4, -0.2) is 43.0 Å². The van der Waals surface area contributed by atoms with Crippen LogP contribution in [0.5, 0.6) is 0 Å². The number of likely N-dealkylation sites (tertiary alicyclic amines) is 1. The van der Waals surface area contributed by atoms with Gasteiger partial charge in [0.15, 0.2) is 0 Å². The molecule has 0 bridgehead atoms. The summed E-state index contributed by atoms with van der Waals surface area (Å²) in [6.45, 7) is 3.80. The number of hydrogen-bond donors (Lipinski definition) is 2. The zero-order valence-corrected chi connectivity index (χ0v) is 13.9. The Morgan fingerprint density at radius 1 is 1.29 bits per heavy atom. The molecule has 4 nitrogen and oxygen atoms in total. The molecule has 132 valence electrons. The molecule has 6 heteroatoms. The first-order chi connectivity index (χ1) is 11.6. The summed E-state index contributed by atoms with van der Waals surface area (Å²) in [6.07, 6.45) is 4.07. The normalized spacial score (nSPS) is 24.9. The van der Waals surface area contributed by atoms with E-state index in [1.54, 1.807) is 0 Å². The van der Waals surface area contributed by atoms with Gasteiger partial charge < -0.3 is 10.6 Å². The maximum atomic E-state index is 13.8. The van der Waals surface area contributed by atoms with Crippen LogP contribution in [0.4, 0.5) is 8.78 Å². The number of nitrogens with zero attached hydrogens (tertiary/aromatic N) is 1. The number of benzene rings is 1. The van der Waals surface area contributed by atoms with E-state index in [1.807, 2.05) is 0 Å². The maximum absolute atomic E-state index is 13.8. The third-order valence-corrected chi connectivity index (χ3v) is 4.95. The summed E-state index contributed by atoms with van der Waals surface area (Å²) in [5, 5.41) is 6.25. The smallest absolute Gasteiger partial charge is 0.237 e. The van der Waals surface area contributed by atoms with E-state index >= 15 is 0 Å². The Morgan fingerprint density at radius 2 is 2.17 bits per heavy atom. The second-order valence-corrected chi connectivity index (χ2v) is 6.87.